The van der Waals surface area contributed by atoms with Gasteiger partial charge in [-0.05, 0) is 17.7 Å². The van der Waals surface area contributed by atoms with Crippen molar-refractivity contribution in [2.75, 3.05) is 5.73 Å². The van der Waals surface area contributed by atoms with E-state index in [4.69, 9.17) is 27.9 Å². The van der Waals surface area contributed by atoms with Crippen molar-refractivity contribution in [3.8, 4) is 12.1 Å². The molecule has 3 nitrogen and oxygen atoms in total. The quantitative estimate of drug-likeness (QED) is 0.689. The van der Waals surface area contributed by atoms with Crippen molar-refractivity contribution < 1.29 is 0 Å². The molecule has 0 saturated heterocycles. The molecule has 0 heterocycles. The lowest BCUT2D eigenvalue weighted by Crippen LogP contribution is -1.94. The highest BCUT2D eigenvalue weighted by atomic mass is 35.5. The second kappa shape index (κ2) is 3.80. The second-order valence-corrected chi connectivity index (χ2v) is 2.89. The van der Waals surface area contributed by atoms with Crippen LogP contribution >= 0.6 is 11.6 Å². The maximum atomic E-state index is 8.66. The Bertz CT molecular complexity index is 412. The minimum Gasteiger partial charge on any atom is -0.396 e. The molecule has 0 saturated carbocycles. The molecular weight excluding hydrogens is 186 g/mol. The van der Waals surface area contributed by atoms with Gasteiger partial charge in [-0.2, -0.15) is 10.5 Å². The maximum absolute atomic E-state index is 8.66. The monoisotopic (exact) mass is 191 g/mol. The van der Waals surface area contributed by atoms with Crippen molar-refractivity contribution in [2.24, 2.45) is 0 Å². The first-order valence-electron chi connectivity index (χ1n) is 3.54. The smallest absolute Gasteiger partial charge is 0.101 e. The lowest BCUT2D eigenvalue weighted by molar-refractivity contribution is 1.26. The molecule has 0 fully saturated rings. The van der Waals surface area contributed by atoms with E-state index in [1.165, 1.54) is 0 Å². The van der Waals surface area contributed by atoms with Crippen molar-refractivity contribution in [1.29, 1.82) is 10.5 Å². The van der Waals surface area contributed by atoms with Gasteiger partial charge in [-0.15, -0.1) is 0 Å². The topological polar surface area (TPSA) is 73.6 Å². The molecule has 0 aliphatic heterocycles. The minimum atomic E-state index is 0.231. The third kappa shape index (κ3) is 1.90. The van der Waals surface area contributed by atoms with Crippen LogP contribution in [-0.2, 0) is 6.42 Å². The highest BCUT2D eigenvalue weighted by molar-refractivity contribution is 6.33. The van der Waals surface area contributed by atoms with Gasteiger partial charge in [-0.25, -0.2) is 0 Å². The number of nitrogens with zero attached hydrogens (tertiary/aromatic N) is 2. The van der Waals surface area contributed by atoms with Crippen LogP contribution in [-0.4, -0.2) is 0 Å². The van der Waals surface area contributed by atoms with E-state index < -0.39 is 0 Å². The summed E-state index contributed by atoms with van der Waals surface area (Å²) in [6, 6.07) is 7.06. The Balaban J connectivity index is 3.26. The summed E-state index contributed by atoms with van der Waals surface area (Å²) in [6.45, 7) is 0. The first-order chi connectivity index (χ1) is 6.19. The Hall–Kier alpha value is -1.71. The van der Waals surface area contributed by atoms with Gasteiger partial charge >= 0.3 is 0 Å². The molecule has 0 aliphatic carbocycles. The van der Waals surface area contributed by atoms with E-state index in [1.54, 1.807) is 12.1 Å². The van der Waals surface area contributed by atoms with Crippen LogP contribution in [0.2, 0.25) is 5.02 Å². The van der Waals surface area contributed by atoms with Gasteiger partial charge in [0, 0.05) is 0 Å². The van der Waals surface area contributed by atoms with Crippen molar-refractivity contribution in [1.82, 2.24) is 0 Å². The fourth-order valence-corrected chi connectivity index (χ4v) is 1.20. The molecule has 0 aromatic heterocycles. The van der Waals surface area contributed by atoms with Crippen LogP contribution in [0.4, 0.5) is 5.69 Å². The number of hydrogen-bond acceptors (Lipinski definition) is 3. The average Bonchev–Trinajstić information content (AvgIpc) is 2.11. The second-order valence-electron chi connectivity index (χ2n) is 2.49. The summed E-state index contributed by atoms with van der Waals surface area (Å²) in [7, 11) is 0. The van der Waals surface area contributed by atoms with E-state index in [1.807, 2.05) is 12.1 Å². The maximum Gasteiger partial charge on any atom is 0.101 e. The Labute approximate surface area is 81.0 Å². The molecule has 64 valence electrons. The molecule has 0 amide bonds. The van der Waals surface area contributed by atoms with E-state index in [2.05, 4.69) is 0 Å². The van der Waals surface area contributed by atoms with Crippen LogP contribution in [0.5, 0.6) is 0 Å². The van der Waals surface area contributed by atoms with Crippen molar-refractivity contribution in [3.63, 3.8) is 0 Å². The third-order valence-electron chi connectivity index (χ3n) is 1.59. The van der Waals surface area contributed by atoms with Gasteiger partial charge in [0.15, 0.2) is 0 Å². The number of anilines is 1. The fraction of sp³-hybridized carbons (Fsp3) is 0.111. The van der Waals surface area contributed by atoms with Crippen LogP contribution in [0.25, 0.3) is 0 Å². The molecule has 1 rings (SSSR count). The normalized spacial score (nSPS) is 8.85. The summed E-state index contributed by atoms with van der Waals surface area (Å²) < 4.78 is 0. The lowest BCUT2D eigenvalue weighted by Gasteiger charge is -2.02. The van der Waals surface area contributed by atoms with Gasteiger partial charge in [0.2, 0.25) is 0 Å². The molecule has 0 aliphatic rings. The summed E-state index contributed by atoms with van der Waals surface area (Å²) in [4.78, 5) is 0. The van der Waals surface area contributed by atoms with E-state index >= 15 is 0 Å². The molecule has 0 bridgehead atoms. The van der Waals surface area contributed by atoms with Crippen LogP contribution in [0.15, 0.2) is 12.1 Å². The molecule has 0 radical (unpaired) electrons. The van der Waals surface area contributed by atoms with Crippen molar-refractivity contribution in [3.05, 3.63) is 28.3 Å². The summed E-state index contributed by atoms with van der Waals surface area (Å²) in [5.74, 6) is 0. The highest BCUT2D eigenvalue weighted by Crippen LogP contribution is 2.24. The van der Waals surface area contributed by atoms with E-state index in [0.717, 1.165) is 0 Å². The zero-order valence-corrected chi connectivity index (χ0v) is 7.47. The van der Waals surface area contributed by atoms with Crippen molar-refractivity contribution >= 4 is 17.3 Å². The number of nitrogen functional groups attached to an aromatic ring is 1. The molecule has 2 N–H and O–H groups in total. The summed E-state index contributed by atoms with van der Waals surface area (Å²) in [5, 5.41) is 17.4. The zero-order chi connectivity index (χ0) is 9.84. The van der Waals surface area contributed by atoms with E-state index in [0.29, 0.717) is 16.1 Å². The zero-order valence-electron chi connectivity index (χ0n) is 6.71. The average molecular weight is 192 g/mol. The number of nitrogens with two attached hydrogens (primary N) is 1. The number of halogens is 1. The largest absolute Gasteiger partial charge is 0.396 e. The molecule has 0 unspecified atom stereocenters. The number of nitriles is 2. The van der Waals surface area contributed by atoms with E-state index in [-0.39, 0.29) is 12.1 Å². The van der Waals surface area contributed by atoms with Crippen LogP contribution in [0, 0.1) is 22.7 Å². The standard InChI is InChI=1S/C9H6ClN3/c10-8-4-6(1-2-11)3-7(5-12)9(8)13/h3-4H,1,13H2. The third-order valence-corrected chi connectivity index (χ3v) is 1.91. The SMILES string of the molecule is N#CCc1cc(Cl)c(N)c(C#N)c1. The molecule has 0 spiro atoms. The van der Waals surface area contributed by atoms with Gasteiger partial charge in [-0.1, -0.05) is 11.6 Å². The molecule has 1 aromatic rings. The summed E-state index contributed by atoms with van der Waals surface area (Å²) in [6.07, 6.45) is 0.231. The highest BCUT2D eigenvalue weighted by Gasteiger charge is 2.05. The number of hydrogen-bond donors (Lipinski definition) is 1. The van der Waals surface area contributed by atoms with Crippen molar-refractivity contribution in [2.45, 2.75) is 6.42 Å². The molecule has 1 aromatic carbocycles. The number of benzene rings is 1. The van der Waals surface area contributed by atoms with Gasteiger partial charge in [0.1, 0.15) is 6.07 Å². The Morgan fingerprint density at radius 1 is 1.38 bits per heavy atom. The number of rotatable bonds is 1. The van der Waals surface area contributed by atoms with Crippen LogP contribution < -0.4 is 5.73 Å². The Kier molecular flexibility index (Phi) is 2.74. The van der Waals surface area contributed by atoms with Gasteiger partial charge in [-0.3, -0.25) is 0 Å². The van der Waals surface area contributed by atoms with E-state index in [9.17, 15) is 0 Å². The van der Waals surface area contributed by atoms with Gasteiger partial charge in [0.25, 0.3) is 0 Å². The molecule has 13 heavy (non-hydrogen) atoms. The van der Waals surface area contributed by atoms with Gasteiger partial charge < -0.3 is 5.73 Å². The summed E-state index contributed by atoms with van der Waals surface area (Å²) in [5.41, 5.74) is 6.81. The summed E-state index contributed by atoms with van der Waals surface area (Å²) >= 11 is 5.75. The molecular formula is C9H6ClN3. The Morgan fingerprint density at radius 3 is 2.62 bits per heavy atom. The predicted molar refractivity (Wildman–Crippen MR) is 49.9 cm³/mol. The Morgan fingerprint density at radius 2 is 2.08 bits per heavy atom. The first kappa shape index (κ1) is 9.38. The molecule has 0 atom stereocenters. The van der Waals surface area contributed by atoms with Gasteiger partial charge in [0.05, 0.1) is 28.8 Å². The fourth-order valence-electron chi connectivity index (χ4n) is 0.960. The first-order valence-corrected chi connectivity index (χ1v) is 3.91. The van der Waals surface area contributed by atoms with Crippen LogP contribution in [0.3, 0.4) is 0 Å². The van der Waals surface area contributed by atoms with Crippen LogP contribution in [0.1, 0.15) is 11.1 Å². The minimum absolute atomic E-state index is 0.231. The lowest BCUT2D eigenvalue weighted by atomic mass is 10.1. The molecule has 4 heteroatoms. The predicted octanol–water partition coefficient (Wildman–Crippen LogP) is 1.86.